The monoisotopic (exact) mass is 250 g/mol. The van der Waals surface area contributed by atoms with Crippen LogP contribution in [0.4, 0.5) is 0 Å². The molecule has 0 aliphatic rings. The maximum absolute atomic E-state index is 5.83. The van der Waals surface area contributed by atoms with Gasteiger partial charge in [0.25, 0.3) is 0 Å². The van der Waals surface area contributed by atoms with E-state index in [1.807, 2.05) is 28.9 Å². The van der Waals surface area contributed by atoms with Gasteiger partial charge in [-0.05, 0) is 24.2 Å². The van der Waals surface area contributed by atoms with Crippen LogP contribution < -0.4 is 5.32 Å². The molecule has 2 rings (SSSR count). The molecule has 90 valence electrons. The van der Waals surface area contributed by atoms with Crippen LogP contribution in [0.5, 0.6) is 0 Å². The van der Waals surface area contributed by atoms with Gasteiger partial charge in [0.2, 0.25) is 0 Å². The normalized spacial score (nSPS) is 10.7. The lowest BCUT2D eigenvalue weighted by atomic mass is 10.2. The summed E-state index contributed by atoms with van der Waals surface area (Å²) in [6, 6.07) is 7.75. The molecule has 0 saturated heterocycles. The van der Waals surface area contributed by atoms with Crippen molar-refractivity contribution in [2.24, 2.45) is 0 Å². The molecule has 1 heterocycles. The van der Waals surface area contributed by atoms with Crippen LogP contribution in [0.25, 0.3) is 0 Å². The van der Waals surface area contributed by atoms with Gasteiger partial charge >= 0.3 is 0 Å². The SMILES string of the molecule is CCNCc1ncn(Cc2ccc(Cl)cc2)n1. The lowest BCUT2D eigenvalue weighted by Crippen LogP contribution is -2.13. The van der Waals surface area contributed by atoms with Gasteiger partial charge in [-0.2, -0.15) is 5.10 Å². The molecule has 0 unspecified atom stereocenters. The van der Waals surface area contributed by atoms with E-state index in [4.69, 9.17) is 11.6 Å². The molecule has 0 amide bonds. The molecule has 1 N–H and O–H groups in total. The Morgan fingerprint density at radius 3 is 2.76 bits per heavy atom. The summed E-state index contributed by atoms with van der Waals surface area (Å²) in [7, 11) is 0. The summed E-state index contributed by atoms with van der Waals surface area (Å²) in [6.07, 6.45) is 1.75. The van der Waals surface area contributed by atoms with E-state index in [1.54, 1.807) is 6.33 Å². The minimum Gasteiger partial charge on any atom is -0.310 e. The Kier molecular flexibility index (Phi) is 4.12. The topological polar surface area (TPSA) is 42.7 Å². The van der Waals surface area contributed by atoms with Crippen LogP contribution in [-0.2, 0) is 13.1 Å². The predicted octanol–water partition coefficient (Wildman–Crippen LogP) is 2.09. The smallest absolute Gasteiger partial charge is 0.164 e. The second-order valence-corrected chi connectivity index (χ2v) is 4.20. The molecule has 0 radical (unpaired) electrons. The van der Waals surface area contributed by atoms with E-state index in [9.17, 15) is 0 Å². The Morgan fingerprint density at radius 1 is 1.29 bits per heavy atom. The first-order valence-electron chi connectivity index (χ1n) is 5.61. The number of rotatable bonds is 5. The second-order valence-electron chi connectivity index (χ2n) is 3.77. The summed E-state index contributed by atoms with van der Waals surface area (Å²) in [5, 5.41) is 8.32. The molecule has 2 aromatic rings. The first-order chi connectivity index (χ1) is 8.28. The Hall–Kier alpha value is -1.39. The fourth-order valence-electron chi connectivity index (χ4n) is 1.50. The van der Waals surface area contributed by atoms with Crippen LogP contribution in [0.3, 0.4) is 0 Å². The highest BCUT2D eigenvalue weighted by Crippen LogP contribution is 2.10. The second kappa shape index (κ2) is 5.80. The molecule has 1 aromatic heterocycles. The molecule has 4 nitrogen and oxygen atoms in total. The summed E-state index contributed by atoms with van der Waals surface area (Å²) in [5.41, 5.74) is 1.16. The lowest BCUT2D eigenvalue weighted by molar-refractivity contribution is 0.643. The Bertz CT molecular complexity index is 464. The summed E-state index contributed by atoms with van der Waals surface area (Å²) >= 11 is 5.83. The number of aromatic nitrogens is 3. The van der Waals surface area contributed by atoms with Crippen LogP contribution in [0.15, 0.2) is 30.6 Å². The van der Waals surface area contributed by atoms with E-state index in [2.05, 4.69) is 22.3 Å². The summed E-state index contributed by atoms with van der Waals surface area (Å²) < 4.78 is 1.83. The van der Waals surface area contributed by atoms with Gasteiger partial charge in [-0.3, -0.25) is 0 Å². The van der Waals surface area contributed by atoms with Crippen LogP contribution >= 0.6 is 11.6 Å². The van der Waals surface area contributed by atoms with E-state index in [0.717, 1.165) is 29.5 Å². The van der Waals surface area contributed by atoms with Crippen molar-refractivity contribution in [1.29, 1.82) is 0 Å². The Balaban J connectivity index is 1.98. The van der Waals surface area contributed by atoms with Gasteiger partial charge in [-0.1, -0.05) is 30.7 Å². The van der Waals surface area contributed by atoms with Crippen molar-refractivity contribution in [3.05, 3.63) is 47.0 Å². The summed E-state index contributed by atoms with van der Waals surface area (Å²) in [6.45, 7) is 4.41. The van der Waals surface area contributed by atoms with E-state index in [1.165, 1.54) is 0 Å². The third-order valence-electron chi connectivity index (χ3n) is 2.37. The minimum atomic E-state index is 0.712. The molecule has 0 aliphatic carbocycles. The first-order valence-corrected chi connectivity index (χ1v) is 5.99. The predicted molar refractivity (Wildman–Crippen MR) is 68.0 cm³/mol. The van der Waals surface area contributed by atoms with Crippen LogP contribution in [-0.4, -0.2) is 21.3 Å². The largest absolute Gasteiger partial charge is 0.310 e. The average Bonchev–Trinajstić information content (AvgIpc) is 2.77. The number of nitrogens with zero attached hydrogens (tertiary/aromatic N) is 3. The minimum absolute atomic E-state index is 0.712. The van der Waals surface area contributed by atoms with Crippen molar-refractivity contribution < 1.29 is 0 Å². The Morgan fingerprint density at radius 2 is 2.06 bits per heavy atom. The van der Waals surface area contributed by atoms with Crippen LogP contribution in [0, 0.1) is 0 Å². The van der Waals surface area contributed by atoms with Crippen molar-refractivity contribution in [2.75, 3.05) is 6.54 Å². The van der Waals surface area contributed by atoms with Gasteiger partial charge in [0.15, 0.2) is 5.82 Å². The van der Waals surface area contributed by atoms with Gasteiger partial charge in [0, 0.05) is 5.02 Å². The zero-order valence-corrected chi connectivity index (χ0v) is 10.5. The highest BCUT2D eigenvalue weighted by atomic mass is 35.5. The standard InChI is InChI=1S/C12H15ClN4/c1-2-14-7-12-15-9-17(16-12)8-10-3-5-11(13)6-4-10/h3-6,9,14H,2,7-8H2,1H3. The van der Waals surface area contributed by atoms with E-state index in [0.29, 0.717) is 6.54 Å². The molecule has 0 spiro atoms. The van der Waals surface area contributed by atoms with E-state index in [-0.39, 0.29) is 0 Å². The molecule has 17 heavy (non-hydrogen) atoms. The number of hydrogen-bond donors (Lipinski definition) is 1. The Labute approximate surface area is 106 Å². The number of hydrogen-bond acceptors (Lipinski definition) is 3. The van der Waals surface area contributed by atoms with Gasteiger partial charge in [-0.25, -0.2) is 9.67 Å². The molecule has 5 heteroatoms. The molecular weight excluding hydrogens is 236 g/mol. The highest BCUT2D eigenvalue weighted by molar-refractivity contribution is 6.30. The molecule has 0 fully saturated rings. The fourth-order valence-corrected chi connectivity index (χ4v) is 1.63. The fraction of sp³-hybridized carbons (Fsp3) is 0.333. The van der Waals surface area contributed by atoms with Crippen molar-refractivity contribution in [3.63, 3.8) is 0 Å². The van der Waals surface area contributed by atoms with Crippen molar-refractivity contribution >= 4 is 11.6 Å². The van der Waals surface area contributed by atoms with E-state index >= 15 is 0 Å². The lowest BCUT2D eigenvalue weighted by Gasteiger charge is -2.01. The number of halogens is 1. The summed E-state index contributed by atoms with van der Waals surface area (Å²) in [5.74, 6) is 0.820. The molecule has 1 aromatic carbocycles. The van der Waals surface area contributed by atoms with E-state index < -0.39 is 0 Å². The van der Waals surface area contributed by atoms with Gasteiger partial charge in [-0.15, -0.1) is 0 Å². The van der Waals surface area contributed by atoms with Crippen molar-refractivity contribution in [2.45, 2.75) is 20.0 Å². The van der Waals surface area contributed by atoms with Gasteiger partial charge in [0.1, 0.15) is 6.33 Å². The molecule has 0 atom stereocenters. The number of nitrogens with one attached hydrogen (secondary N) is 1. The van der Waals surface area contributed by atoms with Crippen LogP contribution in [0.2, 0.25) is 5.02 Å². The molecule has 0 aliphatic heterocycles. The first kappa shape index (κ1) is 12.1. The van der Waals surface area contributed by atoms with Crippen molar-refractivity contribution in [1.82, 2.24) is 20.1 Å². The molecular formula is C12H15ClN4. The third kappa shape index (κ3) is 3.54. The average molecular weight is 251 g/mol. The number of benzene rings is 1. The van der Waals surface area contributed by atoms with Gasteiger partial charge < -0.3 is 5.32 Å². The van der Waals surface area contributed by atoms with Gasteiger partial charge in [0.05, 0.1) is 13.1 Å². The third-order valence-corrected chi connectivity index (χ3v) is 2.63. The quantitative estimate of drug-likeness (QED) is 0.884. The van der Waals surface area contributed by atoms with Crippen molar-refractivity contribution in [3.8, 4) is 0 Å². The zero-order chi connectivity index (χ0) is 12.1. The maximum Gasteiger partial charge on any atom is 0.164 e. The molecule has 0 bridgehead atoms. The maximum atomic E-state index is 5.83. The highest BCUT2D eigenvalue weighted by Gasteiger charge is 2.00. The summed E-state index contributed by atoms with van der Waals surface area (Å²) in [4.78, 5) is 4.23. The zero-order valence-electron chi connectivity index (χ0n) is 9.73. The molecule has 0 saturated carbocycles. The van der Waals surface area contributed by atoms with Crippen LogP contribution in [0.1, 0.15) is 18.3 Å².